The molecule has 1 spiro atoms. The Balaban J connectivity index is 1.32. The van der Waals surface area contributed by atoms with Gasteiger partial charge in [0.05, 0.1) is 19.2 Å². The van der Waals surface area contributed by atoms with E-state index in [1.807, 2.05) is 29.2 Å². The average Bonchev–Trinajstić information content (AvgIpc) is 3.57. The molecule has 0 saturated carbocycles. The first kappa shape index (κ1) is 21.5. The van der Waals surface area contributed by atoms with Crippen LogP contribution in [-0.2, 0) is 11.2 Å². The summed E-state index contributed by atoms with van der Waals surface area (Å²) >= 11 is 0. The molecule has 2 aliphatic heterocycles. The molecule has 2 fully saturated rings. The van der Waals surface area contributed by atoms with Crippen LogP contribution in [0.15, 0.2) is 47.4 Å². The van der Waals surface area contributed by atoms with Gasteiger partial charge in [-0.15, -0.1) is 0 Å². The number of methoxy groups -OCH3 is 1. The van der Waals surface area contributed by atoms with Gasteiger partial charge in [0, 0.05) is 43.9 Å². The second-order valence-corrected chi connectivity index (χ2v) is 9.07. The molecule has 172 valence electrons. The quantitative estimate of drug-likeness (QED) is 0.567. The van der Waals surface area contributed by atoms with E-state index in [1.165, 1.54) is 0 Å². The maximum absolute atomic E-state index is 13.2. The Hall–Kier alpha value is -3.33. The van der Waals surface area contributed by atoms with Crippen molar-refractivity contribution in [3.63, 3.8) is 0 Å². The SMILES string of the molecule is COc1ccc(CCC(=O)N2C[C@@H](c3nc(-c4cnccn4)no3)[C@]3(CCN(C)C3)C2)cc1. The number of hydrogen-bond donors (Lipinski definition) is 0. The zero-order chi connectivity index (χ0) is 22.8. The van der Waals surface area contributed by atoms with Crippen LogP contribution < -0.4 is 4.74 Å². The lowest BCUT2D eigenvalue weighted by molar-refractivity contribution is -0.130. The van der Waals surface area contributed by atoms with Gasteiger partial charge in [0.15, 0.2) is 0 Å². The maximum atomic E-state index is 13.2. The Labute approximate surface area is 192 Å². The Bertz CT molecular complexity index is 1100. The van der Waals surface area contributed by atoms with Crippen LogP contribution in [0.4, 0.5) is 0 Å². The Kier molecular flexibility index (Phi) is 5.80. The summed E-state index contributed by atoms with van der Waals surface area (Å²) in [5, 5.41) is 4.15. The monoisotopic (exact) mass is 448 g/mol. The van der Waals surface area contributed by atoms with Gasteiger partial charge in [-0.3, -0.25) is 9.78 Å². The predicted molar refractivity (Wildman–Crippen MR) is 121 cm³/mol. The molecule has 9 nitrogen and oxygen atoms in total. The van der Waals surface area contributed by atoms with Gasteiger partial charge in [0.25, 0.3) is 0 Å². The van der Waals surface area contributed by atoms with Crippen molar-refractivity contribution in [2.45, 2.75) is 25.2 Å². The van der Waals surface area contributed by atoms with E-state index in [-0.39, 0.29) is 17.2 Å². The number of carbonyl (C=O) groups excluding carboxylic acids is 1. The Morgan fingerprint density at radius 3 is 2.79 bits per heavy atom. The smallest absolute Gasteiger partial charge is 0.232 e. The van der Waals surface area contributed by atoms with E-state index >= 15 is 0 Å². The average molecular weight is 449 g/mol. The molecule has 3 aromatic rings. The van der Waals surface area contributed by atoms with Gasteiger partial charge in [0.2, 0.25) is 17.6 Å². The van der Waals surface area contributed by atoms with Crippen molar-refractivity contribution in [3.05, 3.63) is 54.3 Å². The van der Waals surface area contributed by atoms with Crippen LogP contribution in [0.5, 0.6) is 5.75 Å². The highest BCUT2D eigenvalue weighted by atomic mass is 16.5. The Morgan fingerprint density at radius 2 is 2.09 bits per heavy atom. The lowest BCUT2D eigenvalue weighted by Crippen LogP contribution is -2.34. The van der Waals surface area contributed by atoms with Crippen LogP contribution in [-0.4, -0.2) is 76.2 Å². The molecular formula is C24H28N6O3. The summed E-state index contributed by atoms with van der Waals surface area (Å²) in [6, 6.07) is 7.89. The fourth-order valence-corrected chi connectivity index (χ4v) is 5.12. The third-order valence-corrected chi connectivity index (χ3v) is 6.90. The third-order valence-electron chi connectivity index (χ3n) is 6.90. The number of rotatable bonds is 6. The number of ether oxygens (including phenoxy) is 1. The van der Waals surface area contributed by atoms with E-state index in [9.17, 15) is 4.79 Å². The molecule has 5 rings (SSSR count). The molecule has 9 heteroatoms. The molecule has 1 amide bonds. The maximum Gasteiger partial charge on any atom is 0.232 e. The highest BCUT2D eigenvalue weighted by Gasteiger charge is 2.53. The summed E-state index contributed by atoms with van der Waals surface area (Å²) in [6.07, 6.45) is 7.02. The van der Waals surface area contributed by atoms with Gasteiger partial charge < -0.3 is 19.1 Å². The van der Waals surface area contributed by atoms with E-state index in [2.05, 4.69) is 32.1 Å². The highest BCUT2D eigenvalue weighted by molar-refractivity contribution is 5.77. The number of carbonyl (C=O) groups is 1. The number of nitrogens with zero attached hydrogens (tertiary/aromatic N) is 6. The second kappa shape index (κ2) is 8.90. The number of likely N-dealkylation sites (tertiary alicyclic amines) is 2. The lowest BCUT2D eigenvalue weighted by atomic mass is 9.77. The standard InChI is InChI=1S/C24H28N6O3/c1-29-12-9-24(15-29)16-30(21(31)8-5-17-3-6-18(32-2)7-4-17)14-19(24)23-27-22(28-33-23)20-13-25-10-11-26-20/h3-4,6-7,10-11,13,19H,5,8-9,12,14-16H2,1-2H3/t19-,24-/m0/s1. The molecular weight excluding hydrogens is 420 g/mol. The molecule has 0 N–H and O–H groups in total. The van der Waals surface area contributed by atoms with E-state index in [1.54, 1.807) is 25.7 Å². The molecule has 33 heavy (non-hydrogen) atoms. The molecule has 4 heterocycles. The lowest BCUT2D eigenvalue weighted by Gasteiger charge is -2.27. The fraction of sp³-hybridized carbons (Fsp3) is 0.458. The van der Waals surface area contributed by atoms with Crippen molar-refractivity contribution in [1.82, 2.24) is 29.9 Å². The van der Waals surface area contributed by atoms with Crippen LogP contribution in [0.1, 0.15) is 30.2 Å². The second-order valence-electron chi connectivity index (χ2n) is 9.07. The summed E-state index contributed by atoms with van der Waals surface area (Å²) in [7, 11) is 3.77. The summed E-state index contributed by atoms with van der Waals surface area (Å²) in [4.78, 5) is 30.5. The zero-order valence-electron chi connectivity index (χ0n) is 19.0. The molecule has 2 aliphatic rings. The topological polar surface area (TPSA) is 97.5 Å². The predicted octanol–water partition coefficient (Wildman–Crippen LogP) is 2.42. The minimum Gasteiger partial charge on any atom is -0.497 e. The minimum atomic E-state index is -0.0727. The van der Waals surface area contributed by atoms with Gasteiger partial charge in [0.1, 0.15) is 11.4 Å². The number of amides is 1. The Morgan fingerprint density at radius 1 is 1.24 bits per heavy atom. The van der Waals surface area contributed by atoms with E-state index in [0.717, 1.165) is 30.8 Å². The molecule has 2 aromatic heterocycles. The normalized spacial score (nSPS) is 22.8. The van der Waals surface area contributed by atoms with Crippen molar-refractivity contribution in [2.75, 3.05) is 40.3 Å². The third kappa shape index (κ3) is 4.32. The molecule has 2 atom stereocenters. The van der Waals surface area contributed by atoms with Crippen LogP contribution in [0.25, 0.3) is 11.5 Å². The first-order valence-corrected chi connectivity index (χ1v) is 11.3. The number of aromatic nitrogens is 4. The van der Waals surface area contributed by atoms with E-state index in [4.69, 9.17) is 9.26 Å². The number of hydrogen-bond acceptors (Lipinski definition) is 8. The van der Waals surface area contributed by atoms with Crippen molar-refractivity contribution >= 4 is 5.91 Å². The van der Waals surface area contributed by atoms with Crippen LogP contribution in [0.3, 0.4) is 0 Å². The highest BCUT2D eigenvalue weighted by Crippen LogP contribution is 2.48. The number of benzene rings is 1. The van der Waals surface area contributed by atoms with Crippen molar-refractivity contribution in [2.24, 2.45) is 5.41 Å². The zero-order valence-corrected chi connectivity index (χ0v) is 19.0. The first-order valence-electron chi connectivity index (χ1n) is 11.3. The van der Waals surface area contributed by atoms with Crippen LogP contribution in [0, 0.1) is 5.41 Å². The summed E-state index contributed by atoms with van der Waals surface area (Å²) < 4.78 is 10.9. The van der Waals surface area contributed by atoms with Gasteiger partial charge in [-0.1, -0.05) is 17.3 Å². The van der Waals surface area contributed by atoms with Crippen LogP contribution in [0.2, 0.25) is 0 Å². The molecule has 2 saturated heterocycles. The van der Waals surface area contributed by atoms with Crippen molar-refractivity contribution in [1.29, 1.82) is 0 Å². The van der Waals surface area contributed by atoms with Gasteiger partial charge in [-0.05, 0) is 44.1 Å². The molecule has 0 radical (unpaired) electrons. The summed E-state index contributed by atoms with van der Waals surface area (Å²) in [5.74, 6) is 2.00. The first-order chi connectivity index (χ1) is 16.1. The molecule has 0 bridgehead atoms. The summed E-state index contributed by atoms with van der Waals surface area (Å²) in [5.41, 5.74) is 1.63. The molecule has 1 aromatic carbocycles. The largest absolute Gasteiger partial charge is 0.497 e. The van der Waals surface area contributed by atoms with E-state index in [0.29, 0.717) is 43.3 Å². The van der Waals surface area contributed by atoms with Gasteiger partial charge in [-0.2, -0.15) is 4.98 Å². The fourth-order valence-electron chi connectivity index (χ4n) is 5.12. The molecule has 0 aliphatic carbocycles. The van der Waals surface area contributed by atoms with Gasteiger partial charge in [-0.25, -0.2) is 4.98 Å². The van der Waals surface area contributed by atoms with Gasteiger partial charge >= 0.3 is 0 Å². The van der Waals surface area contributed by atoms with Crippen molar-refractivity contribution in [3.8, 4) is 17.3 Å². The number of aryl methyl sites for hydroxylation is 1. The van der Waals surface area contributed by atoms with Crippen molar-refractivity contribution < 1.29 is 14.1 Å². The molecule has 0 unspecified atom stereocenters. The summed E-state index contributed by atoms with van der Waals surface area (Å²) in [6.45, 7) is 3.21. The minimum absolute atomic E-state index is 0.00491. The van der Waals surface area contributed by atoms with E-state index < -0.39 is 0 Å². The van der Waals surface area contributed by atoms with Crippen LogP contribution >= 0.6 is 0 Å².